The summed E-state index contributed by atoms with van der Waals surface area (Å²) in [5.74, 6) is -0.0752. The van der Waals surface area contributed by atoms with Gasteiger partial charge in [0.05, 0.1) is 18.8 Å². The van der Waals surface area contributed by atoms with Crippen molar-refractivity contribution in [1.29, 1.82) is 0 Å². The SMILES string of the molecule is CCCCCCCCCCC/C=C\C/C=C\CCCCCCCCCCCCCC(=O)NC(CO)C(O)/C=C/CC/C=C/CCCCCCCCCCCCC. The lowest BCUT2D eigenvalue weighted by Gasteiger charge is -2.19. The van der Waals surface area contributed by atoms with Gasteiger partial charge in [-0.1, -0.05) is 236 Å². The number of nitrogens with one attached hydrogen (secondary N) is 1. The van der Waals surface area contributed by atoms with Crippen LogP contribution in [0.25, 0.3) is 0 Å². The van der Waals surface area contributed by atoms with Gasteiger partial charge >= 0.3 is 0 Å². The number of allylic oxidation sites excluding steroid dienone is 7. The lowest BCUT2D eigenvalue weighted by molar-refractivity contribution is -0.123. The first-order valence-electron chi connectivity index (χ1n) is 24.9. The van der Waals surface area contributed by atoms with Crippen molar-refractivity contribution >= 4 is 5.91 Å². The zero-order valence-electron chi connectivity index (χ0n) is 37.7. The van der Waals surface area contributed by atoms with Crippen molar-refractivity contribution < 1.29 is 15.0 Å². The third-order valence-corrected chi connectivity index (χ3v) is 11.3. The molecule has 0 fully saturated rings. The number of hydrogen-bond acceptors (Lipinski definition) is 3. The predicted octanol–water partition coefficient (Wildman–Crippen LogP) is 15.9. The topological polar surface area (TPSA) is 69.6 Å². The summed E-state index contributed by atoms with van der Waals surface area (Å²) in [4.78, 5) is 12.4. The maximum atomic E-state index is 12.4. The molecule has 0 radical (unpaired) electrons. The van der Waals surface area contributed by atoms with E-state index < -0.39 is 12.1 Å². The molecular weight excluding hydrogens is 687 g/mol. The van der Waals surface area contributed by atoms with E-state index >= 15 is 0 Å². The first-order chi connectivity index (χ1) is 27.7. The van der Waals surface area contributed by atoms with Crippen LogP contribution < -0.4 is 5.32 Å². The van der Waals surface area contributed by atoms with Crippen molar-refractivity contribution in [2.24, 2.45) is 0 Å². The zero-order chi connectivity index (χ0) is 40.7. The summed E-state index contributed by atoms with van der Waals surface area (Å²) in [5.41, 5.74) is 0. The van der Waals surface area contributed by atoms with Gasteiger partial charge in [-0.25, -0.2) is 0 Å². The van der Waals surface area contributed by atoms with Crippen LogP contribution in [-0.4, -0.2) is 34.9 Å². The van der Waals surface area contributed by atoms with E-state index in [1.807, 2.05) is 6.08 Å². The van der Waals surface area contributed by atoms with Gasteiger partial charge in [-0.3, -0.25) is 4.79 Å². The number of aliphatic hydroxyl groups is 2. The van der Waals surface area contributed by atoms with Gasteiger partial charge in [-0.2, -0.15) is 0 Å². The van der Waals surface area contributed by atoms with Gasteiger partial charge in [0.1, 0.15) is 0 Å². The van der Waals surface area contributed by atoms with Crippen LogP contribution in [0.5, 0.6) is 0 Å². The molecule has 328 valence electrons. The van der Waals surface area contributed by atoms with Crippen molar-refractivity contribution in [3.63, 3.8) is 0 Å². The first-order valence-corrected chi connectivity index (χ1v) is 24.9. The van der Waals surface area contributed by atoms with E-state index in [1.165, 1.54) is 199 Å². The number of carbonyl (C=O) groups is 1. The highest BCUT2D eigenvalue weighted by atomic mass is 16.3. The molecule has 2 unspecified atom stereocenters. The Hall–Kier alpha value is -1.65. The Bertz CT molecular complexity index is 893. The van der Waals surface area contributed by atoms with Crippen LogP contribution in [0.3, 0.4) is 0 Å². The van der Waals surface area contributed by atoms with Crippen LogP contribution in [0.1, 0.15) is 258 Å². The molecule has 0 rings (SSSR count). The van der Waals surface area contributed by atoms with E-state index in [-0.39, 0.29) is 12.5 Å². The van der Waals surface area contributed by atoms with Gasteiger partial charge in [-0.15, -0.1) is 0 Å². The molecule has 0 aromatic rings. The molecule has 56 heavy (non-hydrogen) atoms. The second kappa shape index (κ2) is 47.7. The van der Waals surface area contributed by atoms with Crippen LogP contribution in [0.2, 0.25) is 0 Å². The Kier molecular flexibility index (Phi) is 46.3. The van der Waals surface area contributed by atoms with Crippen LogP contribution in [0.4, 0.5) is 0 Å². The average molecular weight is 784 g/mol. The van der Waals surface area contributed by atoms with E-state index in [0.29, 0.717) is 6.42 Å². The molecule has 4 nitrogen and oxygen atoms in total. The molecule has 4 heteroatoms. The molecule has 0 spiro atoms. The number of amides is 1. The smallest absolute Gasteiger partial charge is 0.220 e. The lowest BCUT2D eigenvalue weighted by Crippen LogP contribution is -2.45. The molecule has 2 atom stereocenters. The zero-order valence-corrected chi connectivity index (χ0v) is 37.7. The molecule has 3 N–H and O–H groups in total. The molecule has 1 amide bonds. The molecule has 0 heterocycles. The third-order valence-electron chi connectivity index (χ3n) is 11.3. The highest BCUT2D eigenvalue weighted by Gasteiger charge is 2.17. The second-order valence-electron chi connectivity index (χ2n) is 16.9. The van der Waals surface area contributed by atoms with Crippen LogP contribution in [0, 0.1) is 0 Å². The maximum absolute atomic E-state index is 12.4. The van der Waals surface area contributed by atoms with E-state index in [9.17, 15) is 15.0 Å². The average Bonchev–Trinajstić information content (AvgIpc) is 3.20. The van der Waals surface area contributed by atoms with Crippen LogP contribution in [-0.2, 0) is 4.79 Å². The summed E-state index contributed by atoms with van der Waals surface area (Å²) >= 11 is 0. The van der Waals surface area contributed by atoms with Gasteiger partial charge in [0.2, 0.25) is 5.91 Å². The molecular formula is C52H97NO3. The lowest BCUT2D eigenvalue weighted by atomic mass is 10.0. The molecule has 0 bridgehead atoms. The molecule has 0 aliphatic carbocycles. The summed E-state index contributed by atoms with van der Waals surface area (Å²) in [5, 5.41) is 23.0. The van der Waals surface area contributed by atoms with Crippen molar-refractivity contribution in [3.05, 3.63) is 48.6 Å². The molecule has 0 aliphatic heterocycles. The summed E-state index contributed by atoms with van der Waals surface area (Å²) in [7, 11) is 0. The van der Waals surface area contributed by atoms with E-state index in [0.717, 1.165) is 38.5 Å². The van der Waals surface area contributed by atoms with E-state index in [1.54, 1.807) is 6.08 Å². The first kappa shape index (κ1) is 54.3. The number of unbranched alkanes of at least 4 members (excludes halogenated alkanes) is 32. The standard InChI is InChI=1S/C52H97NO3/c1-3-5-7-9-11-13-15-17-19-21-22-23-24-25-26-27-28-29-30-32-34-36-38-40-42-44-46-48-52(56)53-50(49-54)51(55)47-45-43-41-39-37-35-33-31-20-18-16-14-12-10-8-6-4-2/h22-23,25-26,37,39,45,47,50-51,54-55H,3-21,24,27-36,38,40-44,46,48-49H2,1-2H3,(H,53,56)/b23-22-,26-25-,39-37+,47-45+. The Labute approximate surface area is 350 Å². The van der Waals surface area contributed by atoms with Gasteiger partial charge in [0.25, 0.3) is 0 Å². The molecule has 0 aromatic carbocycles. The molecule has 0 aliphatic rings. The highest BCUT2D eigenvalue weighted by Crippen LogP contribution is 2.15. The Morgan fingerprint density at radius 2 is 0.750 bits per heavy atom. The quantitative estimate of drug-likeness (QED) is 0.0425. The molecule has 0 saturated heterocycles. The second-order valence-corrected chi connectivity index (χ2v) is 16.9. The van der Waals surface area contributed by atoms with Gasteiger partial charge in [-0.05, 0) is 64.2 Å². The van der Waals surface area contributed by atoms with Crippen molar-refractivity contribution in [1.82, 2.24) is 5.32 Å². The van der Waals surface area contributed by atoms with Crippen molar-refractivity contribution in [2.75, 3.05) is 6.61 Å². The Morgan fingerprint density at radius 3 is 1.14 bits per heavy atom. The van der Waals surface area contributed by atoms with Crippen LogP contribution in [0.15, 0.2) is 48.6 Å². The molecule has 0 aromatic heterocycles. The predicted molar refractivity (Wildman–Crippen MR) is 248 cm³/mol. The normalized spacial score (nSPS) is 13.3. The Morgan fingerprint density at radius 1 is 0.429 bits per heavy atom. The van der Waals surface area contributed by atoms with Gasteiger partial charge in [0, 0.05) is 6.42 Å². The highest BCUT2D eigenvalue weighted by molar-refractivity contribution is 5.76. The summed E-state index contributed by atoms with van der Waals surface area (Å²) in [6.45, 7) is 4.31. The van der Waals surface area contributed by atoms with Crippen molar-refractivity contribution in [3.8, 4) is 0 Å². The van der Waals surface area contributed by atoms with Gasteiger partial charge in [0.15, 0.2) is 0 Å². The van der Waals surface area contributed by atoms with Gasteiger partial charge < -0.3 is 15.5 Å². The summed E-state index contributed by atoms with van der Waals surface area (Å²) < 4.78 is 0. The number of hydrogen-bond donors (Lipinski definition) is 3. The minimum Gasteiger partial charge on any atom is -0.394 e. The monoisotopic (exact) mass is 784 g/mol. The number of rotatable bonds is 45. The minimum atomic E-state index is -0.863. The number of aliphatic hydroxyl groups excluding tert-OH is 2. The third kappa shape index (κ3) is 43.5. The minimum absolute atomic E-state index is 0.0752. The Balaban J connectivity index is 3.56. The molecule has 0 saturated carbocycles. The fraction of sp³-hybridized carbons (Fsp3) is 0.827. The fourth-order valence-corrected chi connectivity index (χ4v) is 7.46. The summed E-state index contributed by atoms with van der Waals surface area (Å²) in [6.07, 6.45) is 65.3. The summed E-state index contributed by atoms with van der Waals surface area (Å²) in [6, 6.07) is -0.641. The number of carbonyl (C=O) groups excluding carboxylic acids is 1. The van der Waals surface area contributed by atoms with E-state index in [4.69, 9.17) is 0 Å². The van der Waals surface area contributed by atoms with Crippen molar-refractivity contribution in [2.45, 2.75) is 270 Å². The van der Waals surface area contributed by atoms with Crippen LogP contribution >= 0.6 is 0 Å². The largest absolute Gasteiger partial charge is 0.394 e. The maximum Gasteiger partial charge on any atom is 0.220 e. The van der Waals surface area contributed by atoms with E-state index in [2.05, 4.69) is 55.6 Å². The fourth-order valence-electron chi connectivity index (χ4n) is 7.46.